The van der Waals surface area contributed by atoms with E-state index in [4.69, 9.17) is 23.7 Å². The molecule has 3 rings (SSSR count). The zero-order chi connectivity index (χ0) is 28.5. The fourth-order valence-corrected chi connectivity index (χ4v) is 5.83. The molecule has 2 atom stereocenters. The summed E-state index contributed by atoms with van der Waals surface area (Å²) in [4.78, 5) is 13.8. The molecule has 1 aliphatic heterocycles. The maximum Gasteiger partial charge on any atom is 0.164 e. The molecular weight excluding hydrogens is 480 g/mol. The standard InChI is InChI=1S/C32H44O6/c1-13-36-31-22(9)26-18(5)19(6)27(38-28(26)23(10)32(31)37-14-2)16(3)15-24(33)25-17(4)20(7)29(34-11)30(35-12)21(25)8/h16,28H,13-15H2,1-12H3. The van der Waals surface area contributed by atoms with Crippen molar-refractivity contribution in [1.82, 2.24) is 0 Å². The van der Waals surface area contributed by atoms with E-state index >= 15 is 0 Å². The lowest BCUT2D eigenvalue weighted by molar-refractivity contribution is 0.0903. The lowest BCUT2D eigenvalue weighted by Gasteiger charge is -2.38. The zero-order valence-corrected chi connectivity index (χ0v) is 25.2. The molecule has 0 aromatic heterocycles. The van der Waals surface area contributed by atoms with Gasteiger partial charge in [-0.1, -0.05) is 6.92 Å². The van der Waals surface area contributed by atoms with Gasteiger partial charge in [0.2, 0.25) is 0 Å². The van der Waals surface area contributed by atoms with E-state index in [0.29, 0.717) is 36.7 Å². The predicted molar refractivity (Wildman–Crippen MR) is 151 cm³/mol. The van der Waals surface area contributed by atoms with Crippen molar-refractivity contribution < 1.29 is 28.5 Å². The topological polar surface area (TPSA) is 63.2 Å². The highest BCUT2D eigenvalue weighted by Gasteiger charge is 2.39. The minimum absolute atomic E-state index is 0.0634. The molecule has 2 unspecified atom stereocenters. The Balaban J connectivity index is 2.04. The molecule has 6 nitrogen and oxygen atoms in total. The first-order valence-electron chi connectivity index (χ1n) is 13.5. The molecule has 6 heteroatoms. The average Bonchev–Trinajstić information content (AvgIpc) is 2.87. The molecule has 0 fully saturated rings. The summed E-state index contributed by atoms with van der Waals surface area (Å²) in [6, 6.07) is 0. The van der Waals surface area contributed by atoms with Gasteiger partial charge >= 0.3 is 0 Å². The van der Waals surface area contributed by atoms with Crippen LogP contribution in [0.3, 0.4) is 0 Å². The molecule has 0 spiro atoms. The summed E-state index contributed by atoms with van der Waals surface area (Å²) in [7, 11) is 3.23. The van der Waals surface area contributed by atoms with Crippen LogP contribution in [0, 0.1) is 26.7 Å². The van der Waals surface area contributed by atoms with Gasteiger partial charge in [0.05, 0.1) is 27.4 Å². The fourth-order valence-electron chi connectivity index (χ4n) is 5.83. The molecule has 0 saturated carbocycles. The highest BCUT2D eigenvalue weighted by atomic mass is 16.5. The molecule has 208 valence electrons. The largest absolute Gasteiger partial charge is 0.493 e. The lowest BCUT2D eigenvalue weighted by Crippen LogP contribution is -2.31. The van der Waals surface area contributed by atoms with Crippen LogP contribution in [-0.4, -0.2) is 39.3 Å². The monoisotopic (exact) mass is 524 g/mol. The molecule has 38 heavy (non-hydrogen) atoms. The van der Waals surface area contributed by atoms with Crippen molar-refractivity contribution in [3.63, 3.8) is 0 Å². The molecule has 1 aliphatic carbocycles. The molecule has 1 aromatic rings. The summed E-state index contributed by atoms with van der Waals surface area (Å²) < 4.78 is 30.0. The second kappa shape index (κ2) is 11.7. The number of ketones is 1. The summed E-state index contributed by atoms with van der Waals surface area (Å²) in [6.07, 6.45) is 0.0439. The fraction of sp³-hybridized carbons (Fsp3) is 0.531. The van der Waals surface area contributed by atoms with E-state index in [1.54, 1.807) is 14.2 Å². The molecule has 0 radical (unpaired) electrons. The molecule has 0 N–H and O–H groups in total. The van der Waals surface area contributed by atoms with E-state index < -0.39 is 0 Å². The number of hydrogen-bond donors (Lipinski definition) is 0. The molecule has 0 bridgehead atoms. The molecule has 2 aliphatic rings. The molecular formula is C32H44O6. The zero-order valence-electron chi connectivity index (χ0n) is 25.2. The van der Waals surface area contributed by atoms with Crippen LogP contribution in [0.4, 0.5) is 0 Å². The first-order valence-corrected chi connectivity index (χ1v) is 13.5. The average molecular weight is 525 g/mol. The van der Waals surface area contributed by atoms with Crippen molar-refractivity contribution in [2.24, 2.45) is 5.92 Å². The van der Waals surface area contributed by atoms with Gasteiger partial charge in [-0.3, -0.25) is 4.79 Å². The van der Waals surface area contributed by atoms with Gasteiger partial charge in [-0.05, 0) is 84.6 Å². The van der Waals surface area contributed by atoms with Crippen LogP contribution in [0.2, 0.25) is 0 Å². The Morgan fingerprint density at radius 1 is 0.789 bits per heavy atom. The predicted octanol–water partition coefficient (Wildman–Crippen LogP) is 7.46. The van der Waals surface area contributed by atoms with Gasteiger partial charge in [0.25, 0.3) is 0 Å². The number of allylic oxidation sites excluding steroid dienone is 3. The normalized spacial score (nSPS) is 18.4. The highest BCUT2D eigenvalue weighted by molar-refractivity contribution is 6.00. The van der Waals surface area contributed by atoms with Crippen molar-refractivity contribution in [2.45, 2.75) is 81.8 Å². The van der Waals surface area contributed by atoms with Crippen LogP contribution >= 0.6 is 0 Å². The van der Waals surface area contributed by atoms with Gasteiger partial charge in [0.1, 0.15) is 11.9 Å². The third-order valence-corrected chi connectivity index (χ3v) is 7.95. The number of fused-ring (bicyclic) bond motifs is 1. The number of ether oxygens (including phenoxy) is 5. The van der Waals surface area contributed by atoms with Crippen LogP contribution in [0.15, 0.2) is 45.1 Å². The summed E-state index contributed by atoms with van der Waals surface area (Å²) in [5.41, 5.74) is 8.71. The number of rotatable bonds is 10. The van der Waals surface area contributed by atoms with Gasteiger partial charge in [0, 0.05) is 40.2 Å². The smallest absolute Gasteiger partial charge is 0.164 e. The van der Waals surface area contributed by atoms with E-state index in [9.17, 15) is 4.79 Å². The Morgan fingerprint density at radius 2 is 1.34 bits per heavy atom. The minimum Gasteiger partial charge on any atom is -0.493 e. The maximum absolute atomic E-state index is 13.8. The van der Waals surface area contributed by atoms with Crippen LogP contribution in [0.1, 0.15) is 81.9 Å². The van der Waals surface area contributed by atoms with Crippen molar-refractivity contribution in [2.75, 3.05) is 27.4 Å². The number of carbonyl (C=O) groups excluding carboxylic acids is 1. The Morgan fingerprint density at radius 3 is 1.89 bits per heavy atom. The van der Waals surface area contributed by atoms with Crippen molar-refractivity contribution in [3.05, 3.63) is 67.4 Å². The van der Waals surface area contributed by atoms with E-state index in [-0.39, 0.29) is 17.8 Å². The van der Waals surface area contributed by atoms with Crippen LogP contribution < -0.4 is 9.47 Å². The number of carbonyl (C=O) groups is 1. The summed E-state index contributed by atoms with van der Waals surface area (Å²) in [6.45, 7) is 21.3. The third-order valence-electron chi connectivity index (χ3n) is 7.95. The van der Waals surface area contributed by atoms with Crippen LogP contribution in [-0.2, 0) is 14.2 Å². The van der Waals surface area contributed by atoms with Gasteiger partial charge in [-0.2, -0.15) is 0 Å². The molecule has 1 heterocycles. The van der Waals surface area contributed by atoms with E-state index in [2.05, 4.69) is 27.7 Å². The van der Waals surface area contributed by atoms with E-state index in [0.717, 1.165) is 61.8 Å². The molecule has 0 amide bonds. The SMILES string of the molecule is CCOC1=C(C)C2=C(C)C(C)=C(C(C)CC(=O)c3c(C)c(C)c(OC)c(OC)c3C)OC2C(C)=C1OCC. The number of hydrogen-bond acceptors (Lipinski definition) is 6. The number of benzene rings is 1. The second-order valence-electron chi connectivity index (χ2n) is 10.2. The van der Waals surface area contributed by atoms with Crippen LogP contribution in [0.25, 0.3) is 0 Å². The summed E-state index contributed by atoms with van der Waals surface area (Å²) in [5.74, 6) is 3.62. The van der Waals surface area contributed by atoms with Crippen molar-refractivity contribution >= 4 is 5.78 Å². The molecule has 0 saturated heterocycles. The Hall–Kier alpha value is -3.15. The van der Waals surface area contributed by atoms with Crippen molar-refractivity contribution in [1.29, 1.82) is 0 Å². The lowest BCUT2D eigenvalue weighted by atomic mass is 9.80. The maximum atomic E-state index is 13.8. The quantitative estimate of drug-likeness (QED) is 0.296. The number of methoxy groups -OCH3 is 2. The second-order valence-corrected chi connectivity index (χ2v) is 10.2. The number of Topliss-reactive ketones (excluding diaryl/α,β-unsaturated/α-hetero) is 1. The van der Waals surface area contributed by atoms with Crippen molar-refractivity contribution in [3.8, 4) is 11.5 Å². The van der Waals surface area contributed by atoms with E-state index in [1.165, 1.54) is 0 Å². The third kappa shape index (κ3) is 4.85. The first kappa shape index (κ1) is 29.4. The van der Waals surface area contributed by atoms with Gasteiger partial charge in [-0.25, -0.2) is 0 Å². The van der Waals surface area contributed by atoms with Gasteiger partial charge < -0.3 is 23.7 Å². The van der Waals surface area contributed by atoms with E-state index in [1.807, 2.05) is 41.5 Å². The Bertz CT molecular complexity index is 1260. The Kier molecular flexibility index (Phi) is 9.06. The first-order chi connectivity index (χ1) is 18.0. The van der Waals surface area contributed by atoms with Gasteiger partial charge in [-0.15, -0.1) is 0 Å². The van der Waals surface area contributed by atoms with Gasteiger partial charge in [0.15, 0.2) is 28.8 Å². The molecule has 1 aromatic carbocycles. The summed E-state index contributed by atoms with van der Waals surface area (Å²) >= 11 is 0. The highest BCUT2D eigenvalue weighted by Crippen LogP contribution is 2.46. The summed E-state index contributed by atoms with van der Waals surface area (Å²) in [5, 5.41) is 0. The van der Waals surface area contributed by atoms with Crippen LogP contribution in [0.5, 0.6) is 11.5 Å². The Labute approximate surface area is 228 Å². The minimum atomic E-state index is -0.274.